The van der Waals surface area contributed by atoms with Crippen molar-refractivity contribution >= 4 is 33.8 Å². The minimum atomic E-state index is -3.98. The van der Waals surface area contributed by atoms with E-state index in [9.17, 15) is 27.6 Å². The molecule has 4 rings (SSSR count). The number of carbonyl (C=O) groups excluding carboxylic acids is 4. The Morgan fingerprint density at radius 3 is 2.56 bits per heavy atom. The highest BCUT2D eigenvalue weighted by atomic mass is 32.2. The monoisotopic (exact) mass is 592 g/mol. The second-order valence-corrected chi connectivity index (χ2v) is 14.9. The molecule has 0 spiro atoms. The number of hydrogen-bond acceptors (Lipinski definition) is 7. The van der Waals surface area contributed by atoms with Crippen molar-refractivity contribution in [3.05, 3.63) is 24.8 Å². The number of nitrogens with zero attached hydrogens (tertiary/aromatic N) is 1. The Labute approximate surface area is 242 Å². The van der Waals surface area contributed by atoms with E-state index < -0.39 is 55.9 Å². The van der Waals surface area contributed by atoms with Crippen molar-refractivity contribution in [3.63, 3.8) is 0 Å². The molecule has 3 N–H and O–H groups in total. The molecular formula is C29H44N4O7S. The molecule has 2 aliphatic carbocycles. The fourth-order valence-electron chi connectivity index (χ4n) is 5.85. The largest absolute Gasteiger partial charge is 0.444 e. The molecule has 11 nitrogen and oxygen atoms in total. The molecule has 1 saturated heterocycles. The summed E-state index contributed by atoms with van der Waals surface area (Å²) in [4.78, 5) is 54.9. The Morgan fingerprint density at radius 2 is 1.90 bits per heavy atom. The van der Waals surface area contributed by atoms with E-state index >= 15 is 0 Å². The third-order valence-electron chi connectivity index (χ3n) is 8.45. The van der Waals surface area contributed by atoms with Crippen molar-refractivity contribution in [1.82, 2.24) is 20.3 Å². The molecule has 0 bridgehead atoms. The first-order chi connectivity index (χ1) is 19.2. The summed E-state index contributed by atoms with van der Waals surface area (Å²) in [7, 11) is -3.98. The van der Waals surface area contributed by atoms with Crippen molar-refractivity contribution in [2.24, 2.45) is 5.92 Å². The van der Waals surface area contributed by atoms with Crippen LogP contribution in [-0.4, -0.2) is 71.6 Å². The first kappa shape index (κ1) is 31.1. The highest BCUT2D eigenvalue weighted by Gasteiger charge is 2.63. The maximum Gasteiger partial charge on any atom is 0.408 e. The van der Waals surface area contributed by atoms with Crippen molar-refractivity contribution < 1.29 is 32.3 Å². The number of hydrogen-bond donors (Lipinski definition) is 3. The van der Waals surface area contributed by atoms with Crippen LogP contribution in [0.1, 0.15) is 91.4 Å². The summed E-state index contributed by atoms with van der Waals surface area (Å²) in [6.45, 7) is 9.21. The van der Waals surface area contributed by atoms with E-state index in [0.717, 1.165) is 19.3 Å². The quantitative estimate of drug-likeness (QED) is 0.401. The average molecular weight is 593 g/mol. The summed E-state index contributed by atoms with van der Waals surface area (Å²) in [6.07, 6.45) is 10.6. The van der Waals surface area contributed by atoms with Crippen molar-refractivity contribution in [3.8, 4) is 0 Å². The molecule has 0 aromatic heterocycles. The number of fused-ring (bicyclic) bond motifs is 2. The Bertz CT molecular complexity index is 1200. The number of ether oxygens (including phenoxy) is 1. The molecule has 12 heteroatoms. The van der Waals surface area contributed by atoms with E-state index in [1.807, 2.05) is 12.2 Å². The second-order valence-electron chi connectivity index (χ2n) is 12.8. The molecule has 2 aliphatic heterocycles. The number of allylic oxidation sites excluding steroid dienone is 2. The molecule has 0 aromatic carbocycles. The van der Waals surface area contributed by atoms with Gasteiger partial charge in [-0.1, -0.05) is 31.1 Å². The lowest BCUT2D eigenvalue weighted by atomic mass is 10.0. The highest BCUT2D eigenvalue weighted by molar-refractivity contribution is 7.91. The van der Waals surface area contributed by atoms with Gasteiger partial charge < -0.3 is 20.3 Å². The van der Waals surface area contributed by atoms with Crippen LogP contribution in [0.4, 0.5) is 4.79 Å². The van der Waals surface area contributed by atoms with Crippen LogP contribution < -0.4 is 15.4 Å². The van der Waals surface area contributed by atoms with Gasteiger partial charge in [-0.25, -0.2) is 13.2 Å². The summed E-state index contributed by atoms with van der Waals surface area (Å²) in [5, 5.41) is 5.56. The van der Waals surface area contributed by atoms with Crippen molar-refractivity contribution in [2.45, 2.75) is 119 Å². The Kier molecular flexibility index (Phi) is 8.92. The van der Waals surface area contributed by atoms with Gasteiger partial charge in [-0.3, -0.25) is 19.1 Å². The molecule has 0 unspecified atom stereocenters. The minimum Gasteiger partial charge on any atom is -0.444 e. The van der Waals surface area contributed by atoms with E-state index in [-0.39, 0.29) is 24.7 Å². The van der Waals surface area contributed by atoms with Gasteiger partial charge in [0.15, 0.2) is 0 Å². The zero-order chi connectivity index (χ0) is 30.1. The van der Waals surface area contributed by atoms with Gasteiger partial charge in [-0.15, -0.1) is 6.58 Å². The number of rotatable bonds is 6. The van der Waals surface area contributed by atoms with E-state index in [1.54, 1.807) is 26.8 Å². The van der Waals surface area contributed by atoms with E-state index in [0.29, 0.717) is 45.1 Å². The molecule has 3 fully saturated rings. The number of amides is 4. The lowest BCUT2D eigenvalue weighted by molar-refractivity contribution is -0.141. The summed E-state index contributed by atoms with van der Waals surface area (Å²) in [5.74, 6) is -1.97. The fraction of sp³-hybridized carbons (Fsp3) is 0.724. The normalized spacial score (nSPS) is 30.8. The lowest BCUT2D eigenvalue weighted by Gasteiger charge is -2.30. The smallest absolute Gasteiger partial charge is 0.408 e. The SMILES string of the molecule is C=CCC1(S(=O)(=O)NC(=O)[C@@]23C[C@H]2/C=C\CCCCC[C@H](NC(=O)OC(C)(C)C)C(=O)N2CCC[C@H]2C(=O)N3)CC1. The van der Waals surface area contributed by atoms with Gasteiger partial charge in [0.05, 0.1) is 4.75 Å². The number of nitrogens with one attached hydrogen (secondary N) is 3. The van der Waals surface area contributed by atoms with Crippen LogP contribution in [0.25, 0.3) is 0 Å². The highest BCUT2D eigenvalue weighted by Crippen LogP contribution is 2.49. The first-order valence-corrected chi connectivity index (χ1v) is 16.2. The van der Waals surface area contributed by atoms with Gasteiger partial charge in [-0.05, 0) is 78.6 Å². The lowest BCUT2D eigenvalue weighted by Crippen LogP contribution is -2.58. The van der Waals surface area contributed by atoms with Crippen LogP contribution in [0.5, 0.6) is 0 Å². The zero-order valence-electron chi connectivity index (χ0n) is 24.4. The summed E-state index contributed by atoms with van der Waals surface area (Å²) in [6, 6.07) is -1.69. The zero-order valence-corrected chi connectivity index (χ0v) is 25.2. The van der Waals surface area contributed by atoms with Crippen molar-refractivity contribution in [2.75, 3.05) is 6.54 Å². The van der Waals surface area contributed by atoms with Crippen LogP contribution in [0.15, 0.2) is 24.8 Å². The fourth-order valence-corrected chi connectivity index (χ4v) is 7.47. The molecule has 4 amide bonds. The van der Waals surface area contributed by atoms with Crippen LogP contribution >= 0.6 is 0 Å². The van der Waals surface area contributed by atoms with Gasteiger partial charge >= 0.3 is 6.09 Å². The van der Waals surface area contributed by atoms with Gasteiger partial charge in [0.1, 0.15) is 23.2 Å². The molecule has 4 aliphatic rings. The third kappa shape index (κ3) is 6.95. The predicted octanol–water partition coefficient (Wildman–Crippen LogP) is 2.82. The van der Waals surface area contributed by atoms with Gasteiger partial charge in [0.25, 0.3) is 5.91 Å². The van der Waals surface area contributed by atoms with Crippen LogP contribution in [0.3, 0.4) is 0 Å². The maximum absolute atomic E-state index is 13.7. The number of sulfonamides is 1. The Balaban J connectivity index is 1.55. The Morgan fingerprint density at radius 1 is 1.17 bits per heavy atom. The van der Waals surface area contributed by atoms with Crippen LogP contribution in [0.2, 0.25) is 0 Å². The number of alkyl carbamates (subject to hydrolysis) is 1. The van der Waals surface area contributed by atoms with E-state index in [4.69, 9.17) is 4.74 Å². The van der Waals surface area contributed by atoms with Crippen LogP contribution in [0, 0.1) is 5.92 Å². The molecule has 41 heavy (non-hydrogen) atoms. The van der Waals surface area contributed by atoms with E-state index in [1.165, 1.54) is 4.90 Å². The summed E-state index contributed by atoms with van der Waals surface area (Å²) >= 11 is 0. The molecule has 228 valence electrons. The minimum absolute atomic E-state index is 0.246. The predicted molar refractivity (Wildman–Crippen MR) is 153 cm³/mol. The standard InChI is InChI=1S/C29H44N4O7S/c1-5-15-28(16-17-28)41(38,39)32-25(36)29-19-20(29)12-9-7-6-8-10-13-21(30-26(37)40-27(2,3)4)24(35)33-18-11-14-22(33)23(34)31-29/h5,9,12,20-22H,1,6-8,10-11,13-19H2,2-4H3,(H,30,37)(H,31,34)(H,32,36)/b12-9-/t20-,21+,22+,29-/m1/s1. The Hall–Kier alpha value is -2.89. The van der Waals surface area contributed by atoms with Gasteiger partial charge in [0, 0.05) is 12.5 Å². The molecule has 0 radical (unpaired) electrons. The van der Waals surface area contributed by atoms with E-state index in [2.05, 4.69) is 21.9 Å². The molecule has 2 saturated carbocycles. The summed E-state index contributed by atoms with van der Waals surface area (Å²) < 4.78 is 32.9. The van der Waals surface area contributed by atoms with Gasteiger partial charge in [0.2, 0.25) is 21.8 Å². The van der Waals surface area contributed by atoms with Gasteiger partial charge in [-0.2, -0.15) is 0 Å². The molecule has 4 atom stereocenters. The molecule has 2 heterocycles. The maximum atomic E-state index is 13.7. The third-order valence-corrected chi connectivity index (χ3v) is 10.6. The topological polar surface area (TPSA) is 151 Å². The first-order valence-electron chi connectivity index (χ1n) is 14.7. The van der Waals surface area contributed by atoms with Crippen molar-refractivity contribution in [1.29, 1.82) is 0 Å². The molecule has 0 aromatic rings. The number of carbonyl (C=O) groups is 4. The second kappa shape index (κ2) is 11.8. The molecular weight excluding hydrogens is 548 g/mol. The summed E-state index contributed by atoms with van der Waals surface area (Å²) in [5.41, 5.74) is -2.14. The van der Waals surface area contributed by atoms with Crippen LogP contribution in [-0.2, 0) is 29.1 Å². The average Bonchev–Trinajstić information content (AvgIpc) is 3.75.